The van der Waals surface area contributed by atoms with Gasteiger partial charge in [-0.1, -0.05) is 29.3 Å². The van der Waals surface area contributed by atoms with Gasteiger partial charge in [-0.15, -0.1) is 11.3 Å². The van der Waals surface area contributed by atoms with Gasteiger partial charge in [-0.05, 0) is 26.3 Å². The minimum absolute atomic E-state index is 0.227. The van der Waals surface area contributed by atoms with Crippen molar-refractivity contribution in [2.75, 3.05) is 0 Å². The second-order valence-electron chi connectivity index (χ2n) is 4.75. The van der Waals surface area contributed by atoms with Crippen molar-refractivity contribution in [2.45, 2.75) is 33.6 Å². The van der Waals surface area contributed by atoms with E-state index < -0.39 is 0 Å². The number of hydrogen-bond donors (Lipinski definition) is 0. The van der Waals surface area contributed by atoms with Gasteiger partial charge in [-0.3, -0.25) is 4.79 Å². The number of aromatic nitrogens is 1. The third kappa shape index (κ3) is 3.50. The van der Waals surface area contributed by atoms with Gasteiger partial charge in [-0.25, -0.2) is 4.98 Å². The second kappa shape index (κ2) is 5.44. The van der Waals surface area contributed by atoms with Crippen LogP contribution in [0.5, 0.6) is 0 Å². The van der Waals surface area contributed by atoms with Crippen LogP contribution < -0.4 is 0 Å². The van der Waals surface area contributed by atoms with Crippen molar-refractivity contribution in [3.8, 4) is 0 Å². The van der Waals surface area contributed by atoms with Gasteiger partial charge in [0.25, 0.3) is 0 Å². The fraction of sp³-hybridized carbons (Fsp3) is 0.333. The molecule has 0 aliphatic heterocycles. The molecule has 0 N–H and O–H groups in total. The lowest BCUT2D eigenvalue weighted by atomic mass is 10.0. The maximum Gasteiger partial charge on any atom is 0.143 e. The van der Waals surface area contributed by atoms with Crippen molar-refractivity contribution in [3.05, 3.63) is 51.0 Å². The molecule has 2 nitrogen and oxygen atoms in total. The Kier molecular flexibility index (Phi) is 3.92. The van der Waals surface area contributed by atoms with E-state index in [0.717, 1.165) is 16.3 Å². The van der Waals surface area contributed by atoms with E-state index in [4.69, 9.17) is 0 Å². The monoisotopic (exact) mass is 259 g/mol. The molecule has 2 aromatic rings. The first kappa shape index (κ1) is 13.0. The van der Waals surface area contributed by atoms with Gasteiger partial charge in [-0.2, -0.15) is 0 Å². The van der Waals surface area contributed by atoms with Crippen LogP contribution in [0.4, 0.5) is 0 Å². The first-order valence-electron chi connectivity index (χ1n) is 6.03. The number of rotatable bonds is 4. The van der Waals surface area contributed by atoms with E-state index in [1.54, 1.807) is 11.3 Å². The molecule has 0 radical (unpaired) electrons. The van der Waals surface area contributed by atoms with Gasteiger partial charge in [0.2, 0.25) is 0 Å². The van der Waals surface area contributed by atoms with E-state index >= 15 is 0 Å². The van der Waals surface area contributed by atoms with Gasteiger partial charge in [0.1, 0.15) is 5.78 Å². The summed E-state index contributed by atoms with van der Waals surface area (Å²) >= 11 is 1.59. The van der Waals surface area contributed by atoms with E-state index in [-0.39, 0.29) is 5.78 Å². The summed E-state index contributed by atoms with van der Waals surface area (Å²) in [6, 6.07) is 6.28. The predicted octanol–water partition coefficient (Wildman–Crippen LogP) is 3.42. The highest BCUT2D eigenvalue weighted by atomic mass is 32.1. The zero-order valence-electron chi connectivity index (χ0n) is 11.0. The highest BCUT2D eigenvalue weighted by Crippen LogP contribution is 2.12. The number of Topliss-reactive ketones (excluding diaryl/α,β-unsaturated/α-hetero) is 1. The molecule has 0 spiro atoms. The highest BCUT2D eigenvalue weighted by Gasteiger charge is 2.08. The van der Waals surface area contributed by atoms with Gasteiger partial charge >= 0.3 is 0 Å². The molecule has 2 rings (SSSR count). The van der Waals surface area contributed by atoms with Crippen molar-refractivity contribution in [1.82, 2.24) is 4.98 Å². The zero-order chi connectivity index (χ0) is 13.1. The number of thiazole rings is 1. The molecule has 0 saturated heterocycles. The molecule has 1 heterocycles. The van der Waals surface area contributed by atoms with Crippen molar-refractivity contribution in [2.24, 2.45) is 0 Å². The summed E-state index contributed by atoms with van der Waals surface area (Å²) in [5.41, 5.74) is 4.42. The molecule has 0 unspecified atom stereocenters. The quantitative estimate of drug-likeness (QED) is 0.842. The summed E-state index contributed by atoms with van der Waals surface area (Å²) < 4.78 is 0. The number of ketones is 1. The highest BCUT2D eigenvalue weighted by molar-refractivity contribution is 7.09. The van der Waals surface area contributed by atoms with Crippen molar-refractivity contribution in [1.29, 1.82) is 0 Å². The molecule has 0 atom stereocenters. The molecule has 18 heavy (non-hydrogen) atoms. The van der Waals surface area contributed by atoms with Crippen molar-refractivity contribution >= 4 is 17.1 Å². The average Bonchev–Trinajstić information content (AvgIpc) is 2.61. The summed E-state index contributed by atoms with van der Waals surface area (Å²) in [5.74, 6) is 0.227. The Morgan fingerprint density at radius 1 is 1.11 bits per heavy atom. The Balaban J connectivity index is 2.02. The second-order valence-corrected chi connectivity index (χ2v) is 5.81. The third-order valence-corrected chi connectivity index (χ3v) is 3.55. The standard InChI is InChI=1S/C15H17NOS/c1-10-4-11(2)6-13(5-10)7-15(17)8-14-9-18-12(3)16-14/h4-6,9H,7-8H2,1-3H3. The number of hydrogen-bond acceptors (Lipinski definition) is 3. The van der Waals surface area contributed by atoms with Crippen LogP contribution in [0.15, 0.2) is 23.6 Å². The fourth-order valence-corrected chi connectivity index (χ4v) is 2.77. The van der Waals surface area contributed by atoms with E-state index in [9.17, 15) is 4.79 Å². The predicted molar refractivity (Wildman–Crippen MR) is 75.2 cm³/mol. The lowest BCUT2D eigenvalue weighted by Gasteiger charge is -2.04. The number of aryl methyl sites for hydroxylation is 3. The SMILES string of the molecule is Cc1cc(C)cc(CC(=O)Cc2csc(C)n2)c1. The van der Waals surface area contributed by atoms with Crippen molar-refractivity contribution in [3.63, 3.8) is 0 Å². The molecule has 0 saturated carbocycles. The summed E-state index contributed by atoms with van der Waals surface area (Å²) in [6.45, 7) is 6.08. The number of carbonyl (C=O) groups is 1. The van der Waals surface area contributed by atoms with Crippen LogP contribution in [0.1, 0.15) is 27.4 Å². The van der Waals surface area contributed by atoms with E-state index in [1.165, 1.54) is 11.1 Å². The smallest absolute Gasteiger partial charge is 0.143 e. The van der Waals surface area contributed by atoms with Gasteiger partial charge in [0, 0.05) is 18.2 Å². The maximum atomic E-state index is 12.0. The first-order valence-corrected chi connectivity index (χ1v) is 6.91. The van der Waals surface area contributed by atoms with Crippen LogP contribution in [0.25, 0.3) is 0 Å². The Morgan fingerprint density at radius 3 is 2.33 bits per heavy atom. The van der Waals surface area contributed by atoms with Crippen LogP contribution in [0.2, 0.25) is 0 Å². The summed E-state index contributed by atoms with van der Waals surface area (Å²) in [4.78, 5) is 16.3. The Morgan fingerprint density at radius 2 is 1.78 bits per heavy atom. The Labute approximate surface area is 112 Å². The third-order valence-electron chi connectivity index (χ3n) is 2.73. The summed E-state index contributed by atoms with van der Waals surface area (Å²) in [6.07, 6.45) is 0.941. The lowest BCUT2D eigenvalue weighted by molar-refractivity contribution is -0.117. The molecule has 94 valence electrons. The van der Waals surface area contributed by atoms with E-state index in [1.807, 2.05) is 12.3 Å². The minimum Gasteiger partial charge on any atom is -0.299 e. The molecule has 0 bridgehead atoms. The lowest BCUT2D eigenvalue weighted by Crippen LogP contribution is -2.07. The summed E-state index contributed by atoms with van der Waals surface area (Å²) in [5, 5.41) is 2.98. The zero-order valence-corrected chi connectivity index (χ0v) is 11.8. The largest absolute Gasteiger partial charge is 0.299 e. The Hall–Kier alpha value is -1.48. The first-order chi connectivity index (χ1) is 8.52. The van der Waals surface area contributed by atoms with Crippen molar-refractivity contribution < 1.29 is 4.79 Å². The van der Waals surface area contributed by atoms with Crippen LogP contribution in [-0.4, -0.2) is 10.8 Å². The minimum atomic E-state index is 0.227. The fourth-order valence-electron chi connectivity index (χ4n) is 2.15. The normalized spacial score (nSPS) is 10.6. The molecule has 0 aliphatic rings. The molecule has 1 aromatic heterocycles. The van der Waals surface area contributed by atoms with E-state index in [2.05, 4.69) is 37.0 Å². The number of carbonyl (C=O) groups excluding carboxylic acids is 1. The topological polar surface area (TPSA) is 30.0 Å². The molecular weight excluding hydrogens is 242 g/mol. The van der Waals surface area contributed by atoms with Crippen LogP contribution in [0, 0.1) is 20.8 Å². The summed E-state index contributed by atoms with van der Waals surface area (Å²) in [7, 11) is 0. The molecule has 0 aliphatic carbocycles. The average molecular weight is 259 g/mol. The molecule has 3 heteroatoms. The Bertz CT molecular complexity index is 551. The number of nitrogens with zero attached hydrogens (tertiary/aromatic N) is 1. The molecule has 0 fully saturated rings. The van der Waals surface area contributed by atoms with Gasteiger partial charge < -0.3 is 0 Å². The molecular formula is C15H17NOS. The van der Waals surface area contributed by atoms with E-state index in [0.29, 0.717) is 12.8 Å². The molecule has 0 amide bonds. The van der Waals surface area contributed by atoms with Crippen LogP contribution >= 0.6 is 11.3 Å². The number of benzene rings is 1. The van der Waals surface area contributed by atoms with Gasteiger partial charge in [0.05, 0.1) is 10.7 Å². The van der Waals surface area contributed by atoms with Crippen LogP contribution in [-0.2, 0) is 17.6 Å². The maximum absolute atomic E-state index is 12.0. The molecule has 1 aromatic carbocycles. The van der Waals surface area contributed by atoms with Crippen LogP contribution in [0.3, 0.4) is 0 Å². The van der Waals surface area contributed by atoms with Gasteiger partial charge in [0.15, 0.2) is 0 Å².